The maximum atomic E-state index is 13.5. The van der Waals surface area contributed by atoms with E-state index in [-0.39, 0.29) is 0 Å². The van der Waals surface area contributed by atoms with Gasteiger partial charge in [-0.05, 0) is 37.9 Å². The van der Waals surface area contributed by atoms with Crippen LogP contribution in [0.5, 0.6) is 0 Å². The van der Waals surface area contributed by atoms with Crippen LogP contribution in [0.1, 0.15) is 42.7 Å². The summed E-state index contributed by atoms with van der Waals surface area (Å²) in [5, 5.41) is 0.821. The summed E-state index contributed by atoms with van der Waals surface area (Å²) in [5.41, 5.74) is 2.12. The highest BCUT2D eigenvalue weighted by Crippen LogP contribution is 2.45. The number of alkyl halides is 3. The number of hydrogen-bond donors (Lipinski definition) is 0. The molecule has 0 bridgehead atoms. The van der Waals surface area contributed by atoms with E-state index in [1.54, 1.807) is 6.07 Å². The number of aromatic nitrogens is 3. The zero-order chi connectivity index (χ0) is 23.0. The number of thiazole rings is 1. The fourth-order valence-electron chi connectivity index (χ4n) is 4.66. The molecule has 173 valence electrons. The highest BCUT2D eigenvalue weighted by atomic mass is 32.1. The van der Waals surface area contributed by atoms with Gasteiger partial charge in [-0.3, -0.25) is 0 Å². The Balaban J connectivity index is 1.63. The zero-order valence-electron chi connectivity index (χ0n) is 18.4. The van der Waals surface area contributed by atoms with Crippen LogP contribution in [-0.4, -0.2) is 53.1 Å². The van der Waals surface area contributed by atoms with Crippen LogP contribution >= 0.6 is 11.3 Å². The Morgan fingerprint density at radius 1 is 1.06 bits per heavy atom. The predicted molar refractivity (Wildman–Crippen MR) is 123 cm³/mol. The van der Waals surface area contributed by atoms with E-state index in [1.165, 1.54) is 36.3 Å². The first-order valence-corrected chi connectivity index (χ1v) is 12.1. The van der Waals surface area contributed by atoms with Crippen LogP contribution in [0.4, 0.5) is 18.3 Å². The Morgan fingerprint density at radius 3 is 2.55 bits per heavy atom. The highest BCUT2D eigenvalue weighted by molar-refractivity contribution is 7.19. The zero-order valence-corrected chi connectivity index (χ0v) is 19.2. The lowest BCUT2D eigenvalue weighted by atomic mass is 9.95. The van der Waals surface area contributed by atoms with Gasteiger partial charge in [-0.1, -0.05) is 36.3 Å². The Kier molecular flexibility index (Phi) is 6.09. The van der Waals surface area contributed by atoms with Gasteiger partial charge >= 0.3 is 6.18 Å². The molecular weight excluding hydrogens is 447 g/mol. The quantitative estimate of drug-likeness (QED) is 0.502. The molecule has 1 aromatic carbocycles. The summed E-state index contributed by atoms with van der Waals surface area (Å²) in [5.74, 6) is 0.359. The molecule has 0 unspecified atom stereocenters. The first-order chi connectivity index (χ1) is 15.9. The summed E-state index contributed by atoms with van der Waals surface area (Å²) < 4.78 is 40.4. The summed E-state index contributed by atoms with van der Waals surface area (Å²) in [4.78, 5) is 18.8. The summed E-state index contributed by atoms with van der Waals surface area (Å²) >= 11 is 1.51. The Bertz CT molecular complexity index is 1120. The van der Waals surface area contributed by atoms with Gasteiger partial charge in [0.25, 0.3) is 0 Å². The number of benzene rings is 1. The molecule has 0 spiro atoms. The van der Waals surface area contributed by atoms with Gasteiger partial charge in [0.2, 0.25) is 0 Å². The molecule has 0 N–H and O–H groups in total. The molecule has 1 aliphatic heterocycles. The average Bonchev–Trinajstić information content (AvgIpc) is 3.50. The van der Waals surface area contributed by atoms with Crippen LogP contribution in [-0.2, 0) is 6.18 Å². The molecule has 2 aliphatic rings. The Hall–Kier alpha value is -2.52. The fourth-order valence-corrected chi connectivity index (χ4v) is 5.81. The summed E-state index contributed by atoms with van der Waals surface area (Å²) in [6.45, 7) is 3.50. The Labute approximate surface area is 195 Å². The third-order valence-electron chi connectivity index (χ3n) is 6.56. The molecule has 3 heterocycles. The van der Waals surface area contributed by atoms with Crippen LogP contribution < -0.4 is 4.90 Å². The molecule has 5 rings (SSSR count). The SMILES string of the molecule is CN1CCN(c2nc(-c3cccc(C(F)(F)F)c3)c(-c3n[c]ncc3C3CCCC3)s2)CC1. The highest BCUT2D eigenvalue weighted by Gasteiger charge is 2.32. The second-order valence-corrected chi connectivity index (χ2v) is 9.78. The smallest absolute Gasteiger partial charge is 0.345 e. The predicted octanol–water partition coefficient (Wildman–Crippen LogP) is 5.50. The lowest BCUT2D eigenvalue weighted by molar-refractivity contribution is -0.137. The number of piperazine rings is 1. The number of nitrogens with zero attached hydrogens (tertiary/aromatic N) is 5. The maximum Gasteiger partial charge on any atom is 0.416 e. The Morgan fingerprint density at radius 2 is 1.82 bits per heavy atom. The summed E-state index contributed by atoms with van der Waals surface area (Å²) in [6.07, 6.45) is 4.60. The lowest BCUT2D eigenvalue weighted by Crippen LogP contribution is -2.44. The minimum Gasteiger partial charge on any atom is -0.345 e. The summed E-state index contributed by atoms with van der Waals surface area (Å²) in [7, 11) is 2.09. The average molecular weight is 473 g/mol. The third-order valence-corrected chi connectivity index (χ3v) is 7.68. The van der Waals surface area contributed by atoms with Crippen molar-refractivity contribution in [2.75, 3.05) is 38.1 Å². The molecular formula is C24H25F3N5S. The second-order valence-electron chi connectivity index (χ2n) is 8.80. The van der Waals surface area contributed by atoms with E-state index in [2.05, 4.69) is 33.1 Å². The van der Waals surface area contributed by atoms with E-state index in [0.717, 1.165) is 66.4 Å². The molecule has 2 fully saturated rings. The largest absolute Gasteiger partial charge is 0.416 e. The van der Waals surface area contributed by atoms with Crippen molar-refractivity contribution in [3.05, 3.63) is 47.9 Å². The van der Waals surface area contributed by atoms with Crippen molar-refractivity contribution in [1.29, 1.82) is 0 Å². The van der Waals surface area contributed by atoms with E-state index in [4.69, 9.17) is 4.98 Å². The summed E-state index contributed by atoms with van der Waals surface area (Å²) in [6, 6.07) is 5.42. The van der Waals surface area contributed by atoms with Gasteiger partial charge in [0, 0.05) is 43.5 Å². The normalized spacial score (nSPS) is 18.2. The molecule has 0 atom stereocenters. The van der Waals surface area contributed by atoms with Crippen molar-refractivity contribution in [2.24, 2.45) is 0 Å². The number of likely N-dealkylation sites (N-methyl/N-ethyl adjacent to an activating group) is 1. The number of rotatable bonds is 4. The van der Waals surface area contributed by atoms with Gasteiger partial charge in [-0.15, -0.1) is 0 Å². The van der Waals surface area contributed by atoms with Gasteiger partial charge in [-0.25, -0.2) is 15.0 Å². The molecule has 0 amide bonds. The minimum atomic E-state index is -4.41. The van der Waals surface area contributed by atoms with Gasteiger partial charge < -0.3 is 9.80 Å². The molecule has 3 aromatic rings. The molecule has 1 saturated heterocycles. The maximum absolute atomic E-state index is 13.5. The first kappa shape index (κ1) is 22.3. The molecule has 1 aliphatic carbocycles. The van der Waals surface area contributed by atoms with Crippen molar-refractivity contribution in [2.45, 2.75) is 37.8 Å². The van der Waals surface area contributed by atoms with Crippen molar-refractivity contribution in [3.8, 4) is 21.8 Å². The second kappa shape index (κ2) is 9.02. The van der Waals surface area contributed by atoms with Gasteiger partial charge in [-0.2, -0.15) is 13.2 Å². The molecule has 33 heavy (non-hydrogen) atoms. The molecule has 5 nitrogen and oxygen atoms in total. The number of halogens is 3. The van der Waals surface area contributed by atoms with E-state index in [9.17, 15) is 13.2 Å². The van der Waals surface area contributed by atoms with Gasteiger partial charge in [0.1, 0.15) is 0 Å². The van der Waals surface area contributed by atoms with Gasteiger partial charge in [0.15, 0.2) is 11.5 Å². The van der Waals surface area contributed by atoms with Crippen LogP contribution in [0.15, 0.2) is 30.5 Å². The molecule has 1 radical (unpaired) electrons. The van der Waals surface area contributed by atoms with E-state index < -0.39 is 11.7 Å². The van der Waals surface area contributed by atoms with Crippen LogP contribution in [0.3, 0.4) is 0 Å². The third kappa shape index (κ3) is 4.61. The monoisotopic (exact) mass is 472 g/mol. The first-order valence-electron chi connectivity index (χ1n) is 11.3. The minimum absolute atomic E-state index is 0.359. The fraction of sp³-hybridized carbons (Fsp3) is 0.458. The van der Waals surface area contributed by atoms with E-state index in [0.29, 0.717) is 17.2 Å². The van der Waals surface area contributed by atoms with Gasteiger partial charge in [0.05, 0.1) is 21.8 Å². The van der Waals surface area contributed by atoms with Crippen molar-refractivity contribution >= 4 is 16.5 Å². The topological polar surface area (TPSA) is 45.2 Å². The van der Waals surface area contributed by atoms with Crippen molar-refractivity contribution in [1.82, 2.24) is 19.9 Å². The molecule has 1 saturated carbocycles. The standard InChI is InChI=1S/C24H25F3N5S/c1-31-9-11-32(12-10-31)23-30-20(17-7-4-8-18(13-17)24(25,26)27)22(33-23)21-19(14-28-15-29-21)16-5-2-3-6-16/h4,7-8,13-14,16H,2-3,5-6,9-12H2,1H3. The molecule has 9 heteroatoms. The van der Waals surface area contributed by atoms with Crippen LogP contribution in [0, 0.1) is 6.33 Å². The lowest BCUT2D eigenvalue weighted by Gasteiger charge is -2.32. The molecule has 2 aromatic heterocycles. The van der Waals surface area contributed by atoms with Crippen LogP contribution in [0.25, 0.3) is 21.8 Å². The van der Waals surface area contributed by atoms with E-state index >= 15 is 0 Å². The number of anilines is 1. The van der Waals surface area contributed by atoms with Crippen molar-refractivity contribution in [3.63, 3.8) is 0 Å². The van der Waals surface area contributed by atoms with Crippen molar-refractivity contribution < 1.29 is 13.2 Å². The van der Waals surface area contributed by atoms with E-state index in [1.807, 2.05) is 6.20 Å². The number of hydrogen-bond acceptors (Lipinski definition) is 6. The van der Waals surface area contributed by atoms with Crippen LogP contribution in [0.2, 0.25) is 0 Å².